The second-order valence-corrected chi connectivity index (χ2v) is 5.98. The van der Waals surface area contributed by atoms with E-state index in [-0.39, 0.29) is 12.1 Å². The Hall–Kier alpha value is -1.91. The maximum absolute atomic E-state index is 9.18. The summed E-state index contributed by atoms with van der Waals surface area (Å²) in [5.41, 5.74) is 1.85. The highest BCUT2D eigenvalue weighted by Crippen LogP contribution is 2.24. The van der Waals surface area contributed by atoms with Crippen LogP contribution in [-0.4, -0.2) is 15.6 Å². The van der Waals surface area contributed by atoms with E-state index in [2.05, 4.69) is 31.1 Å². The number of benzene rings is 1. The number of pyridine rings is 1. The van der Waals surface area contributed by atoms with Crippen molar-refractivity contribution < 1.29 is 9.84 Å². The summed E-state index contributed by atoms with van der Waals surface area (Å²) in [4.78, 5) is 4.31. The van der Waals surface area contributed by atoms with Crippen molar-refractivity contribution in [2.45, 2.75) is 39.5 Å². The van der Waals surface area contributed by atoms with E-state index in [0.29, 0.717) is 18.2 Å². The summed E-state index contributed by atoms with van der Waals surface area (Å²) in [6.07, 6.45) is 1.71. The van der Waals surface area contributed by atoms with E-state index >= 15 is 0 Å². The average Bonchev–Trinajstić information content (AvgIpc) is 2.46. The summed E-state index contributed by atoms with van der Waals surface area (Å²) in [5.74, 6) is 1.27. The van der Waals surface area contributed by atoms with Crippen molar-refractivity contribution in [3.63, 3.8) is 0 Å². The number of aliphatic hydroxyl groups excluding tert-OH is 1. The van der Waals surface area contributed by atoms with Gasteiger partial charge in [-0.05, 0) is 44.5 Å². The van der Waals surface area contributed by atoms with Crippen LogP contribution in [0.25, 0.3) is 0 Å². The Morgan fingerprint density at radius 3 is 2.71 bits per heavy atom. The van der Waals surface area contributed by atoms with Crippen LogP contribution >= 0.6 is 0 Å². The number of aliphatic hydroxyl groups is 1. The lowest BCUT2D eigenvalue weighted by molar-refractivity contribution is 0.281. The summed E-state index contributed by atoms with van der Waals surface area (Å²) < 4.78 is 5.85. The molecule has 0 fully saturated rings. The van der Waals surface area contributed by atoms with Crippen LogP contribution in [0.15, 0.2) is 42.6 Å². The van der Waals surface area contributed by atoms with Crippen LogP contribution < -0.4 is 10.1 Å². The monoisotopic (exact) mass is 286 g/mol. The SMILES string of the molecule is CC(C)(C)NCc1cccnc1Oc1cccc(CO)c1. The van der Waals surface area contributed by atoms with Crippen LogP contribution in [0.5, 0.6) is 11.6 Å². The summed E-state index contributed by atoms with van der Waals surface area (Å²) in [7, 11) is 0. The van der Waals surface area contributed by atoms with E-state index in [1.54, 1.807) is 6.20 Å². The van der Waals surface area contributed by atoms with Gasteiger partial charge < -0.3 is 15.2 Å². The fraction of sp³-hybridized carbons (Fsp3) is 0.353. The van der Waals surface area contributed by atoms with E-state index in [4.69, 9.17) is 4.74 Å². The molecule has 0 bridgehead atoms. The lowest BCUT2D eigenvalue weighted by atomic mass is 10.1. The highest BCUT2D eigenvalue weighted by molar-refractivity contribution is 5.34. The van der Waals surface area contributed by atoms with Crippen LogP contribution in [0.3, 0.4) is 0 Å². The zero-order valence-corrected chi connectivity index (χ0v) is 12.8. The molecule has 21 heavy (non-hydrogen) atoms. The molecule has 1 aromatic carbocycles. The molecule has 0 aliphatic rings. The molecule has 0 spiro atoms. The van der Waals surface area contributed by atoms with Gasteiger partial charge in [0.15, 0.2) is 0 Å². The van der Waals surface area contributed by atoms with Crippen molar-refractivity contribution in [2.75, 3.05) is 0 Å². The van der Waals surface area contributed by atoms with Gasteiger partial charge in [0.05, 0.1) is 6.61 Å². The van der Waals surface area contributed by atoms with Gasteiger partial charge in [0, 0.05) is 23.8 Å². The Bertz CT molecular complexity index is 591. The Balaban J connectivity index is 2.15. The summed E-state index contributed by atoms with van der Waals surface area (Å²) >= 11 is 0. The molecule has 1 heterocycles. The van der Waals surface area contributed by atoms with Crippen molar-refractivity contribution in [1.82, 2.24) is 10.3 Å². The third-order valence-corrected chi connectivity index (χ3v) is 2.95. The molecule has 0 radical (unpaired) electrons. The molecule has 0 amide bonds. The number of hydrogen-bond donors (Lipinski definition) is 2. The normalized spacial score (nSPS) is 11.4. The van der Waals surface area contributed by atoms with Crippen molar-refractivity contribution in [2.24, 2.45) is 0 Å². The molecule has 0 unspecified atom stereocenters. The second kappa shape index (κ2) is 6.70. The first-order valence-corrected chi connectivity index (χ1v) is 7.04. The first-order valence-electron chi connectivity index (χ1n) is 7.04. The summed E-state index contributed by atoms with van der Waals surface area (Å²) in [6.45, 7) is 7.04. The van der Waals surface area contributed by atoms with Crippen molar-refractivity contribution in [1.29, 1.82) is 0 Å². The van der Waals surface area contributed by atoms with E-state index < -0.39 is 0 Å². The number of rotatable bonds is 5. The van der Waals surface area contributed by atoms with Crippen molar-refractivity contribution in [3.8, 4) is 11.6 Å². The Kier molecular flexibility index (Phi) is 4.94. The molecule has 0 aliphatic heterocycles. The van der Waals surface area contributed by atoms with Gasteiger partial charge >= 0.3 is 0 Å². The van der Waals surface area contributed by atoms with E-state index in [1.165, 1.54) is 0 Å². The Morgan fingerprint density at radius 2 is 2.00 bits per heavy atom. The van der Waals surface area contributed by atoms with Crippen LogP contribution in [0.2, 0.25) is 0 Å². The highest BCUT2D eigenvalue weighted by atomic mass is 16.5. The van der Waals surface area contributed by atoms with Crippen molar-refractivity contribution in [3.05, 3.63) is 53.7 Å². The predicted octanol–water partition coefficient (Wildman–Crippen LogP) is 3.25. The molecule has 0 aliphatic carbocycles. The highest BCUT2D eigenvalue weighted by Gasteiger charge is 2.12. The lowest BCUT2D eigenvalue weighted by Crippen LogP contribution is -2.35. The van der Waals surface area contributed by atoms with Gasteiger partial charge in [-0.3, -0.25) is 0 Å². The molecule has 0 saturated carbocycles. The molecule has 0 saturated heterocycles. The Morgan fingerprint density at radius 1 is 1.19 bits per heavy atom. The minimum Gasteiger partial charge on any atom is -0.439 e. The average molecular weight is 286 g/mol. The standard InChI is InChI=1S/C17H22N2O2/c1-17(2,3)19-11-14-7-5-9-18-16(14)21-15-8-4-6-13(10-15)12-20/h4-10,19-20H,11-12H2,1-3H3. The maximum atomic E-state index is 9.18. The van der Waals surface area contributed by atoms with Crippen LogP contribution in [0.1, 0.15) is 31.9 Å². The molecular formula is C17H22N2O2. The van der Waals surface area contributed by atoms with Crippen LogP contribution in [0, 0.1) is 0 Å². The molecule has 4 heteroatoms. The fourth-order valence-electron chi connectivity index (χ4n) is 1.83. The van der Waals surface area contributed by atoms with Gasteiger partial charge in [-0.15, -0.1) is 0 Å². The third kappa shape index (κ3) is 4.85. The zero-order chi connectivity index (χ0) is 15.3. The van der Waals surface area contributed by atoms with E-state index in [1.807, 2.05) is 36.4 Å². The molecular weight excluding hydrogens is 264 g/mol. The topological polar surface area (TPSA) is 54.4 Å². The number of ether oxygens (including phenoxy) is 1. The molecule has 0 atom stereocenters. The predicted molar refractivity (Wildman–Crippen MR) is 83.3 cm³/mol. The smallest absolute Gasteiger partial charge is 0.223 e. The maximum Gasteiger partial charge on any atom is 0.223 e. The molecule has 1 aromatic heterocycles. The number of nitrogens with zero attached hydrogens (tertiary/aromatic N) is 1. The molecule has 4 nitrogen and oxygen atoms in total. The number of nitrogens with one attached hydrogen (secondary N) is 1. The number of hydrogen-bond acceptors (Lipinski definition) is 4. The van der Waals surface area contributed by atoms with Gasteiger partial charge in [0.1, 0.15) is 5.75 Å². The quantitative estimate of drug-likeness (QED) is 0.886. The lowest BCUT2D eigenvalue weighted by Gasteiger charge is -2.21. The molecule has 2 rings (SSSR count). The van der Waals surface area contributed by atoms with Crippen LogP contribution in [0.4, 0.5) is 0 Å². The van der Waals surface area contributed by atoms with E-state index in [0.717, 1.165) is 11.1 Å². The van der Waals surface area contributed by atoms with Gasteiger partial charge in [-0.1, -0.05) is 18.2 Å². The zero-order valence-electron chi connectivity index (χ0n) is 12.8. The first-order chi connectivity index (χ1) is 9.98. The fourth-order valence-corrected chi connectivity index (χ4v) is 1.83. The molecule has 112 valence electrons. The van der Waals surface area contributed by atoms with Gasteiger partial charge in [-0.2, -0.15) is 0 Å². The largest absolute Gasteiger partial charge is 0.439 e. The van der Waals surface area contributed by atoms with Gasteiger partial charge in [0.25, 0.3) is 0 Å². The number of aromatic nitrogens is 1. The first kappa shape index (κ1) is 15.5. The molecule has 2 N–H and O–H groups in total. The second-order valence-electron chi connectivity index (χ2n) is 5.98. The minimum atomic E-state index is -0.00213. The van der Waals surface area contributed by atoms with Crippen LogP contribution in [-0.2, 0) is 13.2 Å². The Labute approximate surface area is 125 Å². The minimum absolute atomic E-state index is 0.00213. The van der Waals surface area contributed by atoms with E-state index in [9.17, 15) is 5.11 Å². The van der Waals surface area contributed by atoms with Gasteiger partial charge in [-0.25, -0.2) is 4.98 Å². The van der Waals surface area contributed by atoms with Crippen molar-refractivity contribution >= 4 is 0 Å². The summed E-state index contributed by atoms with van der Waals surface area (Å²) in [5, 5.41) is 12.6. The molecule has 2 aromatic rings. The van der Waals surface area contributed by atoms with Gasteiger partial charge in [0.2, 0.25) is 5.88 Å². The third-order valence-electron chi connectivity index (χ3n) is 2.95. The summed E-state index contributed by atoms with van der Waals surface area (Å²) in [6, 6.07) is 11.3.